The highest BCUT2D eigenvalue weighted by molar-refractivity contribution is 5.75. The van der Waals surface area contributed by atoms with Crippen molar-refractivity contribution in [3.63, 3.8) is 0 Å². The summed E-state index contributed by atoms with van der Waals surface area (Å²) in [6.45, 7) is 1.44. The van der Waals surface area contributed by atoms with Crippen LogP contribution in [0.4, 0.5) is 14.6 Å². The molecule has 0 aliphatic carbocycles. The van der Waals surface area contributed by atoms with Gasteiger partial charge in [-0.1, -0.05) is 12.1 Å². The predicted molar refractivity (Wildman–Crippen MR) is 87.2 cm³/mol. The van der Waals surface area contributed by atoms with Crippen molar-refractivity contribution in [1.29, 1.82) is 0 Å². The number of methoxy groups -OCH3 is 1. The summed E-state index contributed by atoms with van der Waals surface area (Å²) in [7, 11) is 1.67. The molecule has 0 atom stereocenters. The van der Waals surface area contributed by atoms with E-state index in [0.29, 0.717) is 23.4 Å². The molecule has 6 heteroatoms. The Morgan fingerprint density at radius 1 is 1.12 bits per heavy atom. The maximum atomic E-state index is 13.4. The SMILES string of the molecule is COc1cccc2c1CCN(c1cnc3cc(F)c(F)cc3n1)C2. The molecular weight excluding hydrogens is 312 g/mol. The van der Waals surface area contributed by atoms with Crippen LogP contribution < -0.4 is 9.64 Å². The zero-order valence-corrected chi connectivity index (χ0v) is 13.1. The lowest BCUT2D eigenvalue weighted by Gasteiger charge is -2.30. The summed E-state index contributed by atoms with van der Waals surface area (Å²) in [6, 6.07) is 8.14. The number of hydrogen-bond donors (Lipinski definition) is 0. The molecule has 0 saturated heterocycles. The average molecular weight is 327 g/mol. The molecular formula is C18H15F2N3O. The van der Waals surface area contributed by atoms with Gasteiger partial charge in [0.1, 0.15) is 11.6 Å². The lowest BCUT2D eigenvalue weighted by atomic mass is 9.99. The van der Waals surface area contributed by atoms with Gasteiger partial charge in [0.2, 0.25) is 0 Å². The molecule has 1 aliphatic rings. The van der Waals surface area contributed by atoms with Gasteiger partial charge in [-0.2, -0.15) is 0 Å². The Labute approximate surface area is 137 Å². The van der Waals surface area contributed by atoms with Crippen LogP contribution in [0, 0.1) is 11.6 Å². The minimum Gasteiger partial charge on any atom is -0.496 e. The van der Waals surface area contributed by atoms with Gasteiger partial charge in [-0.15, -0.1) is 0 Å². The van der Waals surface area contributed by atoms with Crippen LogP contribution in [0.3, 0.4) is 0 Å². The molecule has 4 nitrogen and oxygen atoms in total. The second-order valence-electron chi connectivity index (χ2n) is 5.75. The first-order chi connectivity index (χ1) is 11.7. The summed E-state index contributed by atoms with van der Waals surface area (Å²) in [5.74, 6) is -0.275. The van der Waals surface area contributed by atoms with E-state index in [9.17, 15) is 8.78 Å². The quantitative estimate of drug-likeness (QED) is 0.722. The smallest absolute Gasteiger partial charge is 0.161 e. The van der Waals surface area contributed by atoms with Gasteiger partial charge in [0.05, 0.1) is 24.3 Å². The number of nitrogens with zero attached hydrogens (tertiary/aromatic N) is 3. The van der Waals surface area contributed by atoms with Gasteiger partial charge in [-0.05, 0) is 18.1 Å². The molecule has 0 radical (unpaired) electrons. The van der Waals surface area contributed by atoms with Gasteiger partial charge in [0, 0.05) is 30.8 Å². The van der Waals surface area contributed by atoms with E-state index < -0.39 is 11.6 Å². The third kappa shape index (κ3) is 2.44. The second-order valence-corrected chi connectivity index (χ2v) is 5.75. The molecule has 0 unspecified atom stereocenters. The van der Waals surface area contributed by atoms with Gasteiger partial charge in [0.15, 0.2) is 11.6 Å². The maximum absolute atomic E-state index is 13.4. The fourth-order valence-corrected chi connectivity index (χ4v) is 3.11. The van der Waals surface area contributed by atoms with E-state index in [1.165, 1.54) is 11.1 Å². The zero-order valence-electron chi connectivity index (χ0n) is 13.1. The van der Waals surface area contributed by atoms with Gasteiger partial charge in [0.25, 0.3) is 0 Å². The Hall–Kier alpha value is -2.76. The summed E-state index contributed by atoms with van der Waals surface area (Å²) < 4.78 is 32.1. The van der Waals surface area contributed by atoms with E-state index in [2.05, 4.69) is 20.9 Å². The van der Waals surface area contributed by atoms with Crippen molar-refractivity contribution in [1.82, 2.24) is 9.97 Å². The lowest BCUT2D eigenvalue weighted by Crippen LogP contribution is -2.31. The largest absolute Gasteiger partial charge is 0.496 e. The van der Waals surface area contributed by atoms with E-state index in [-0.39, 0.29) is 0 Å². The molecule has 1 aliphatic heterocycles. The highest BCUT2D eigenvalue weighted by atomic mass is 19.2. The van der Waals surface area contributed by atoms with Crippen molar-refractivity contribution < 1.29 is 13.5 Å². The molecule has 1 aromatic heterocycles. The van der Waals surface area contributed by atoms with Crippen molar-refractivity contribution in [2.24, 2.45) is 0 Å². The van der Waals surface area contributed by atoms with Crippen LogP contribution in [0.15, 0.2) is 36.5 Å². The number of anilines is 1. The molecule has 24 heavy (non-hydrogen) atoms. The number of fused-ring (bicyclic) bond motifs is 2. The normalized spacial score (nSPS) is 13.9. The molecule has 0 spiro atoms. The molecule has 4 rings (SSSR count). The Morgan fingerprint density at radius 3 is 2.71 bits per heavy atom. The zero-order chi connectivity index (χ0) is 16.7. The van der Waals surface area contributed by atoms with Gasteiger partial charge >= 0.3 is 0 Å². The minimum absolute atomic E-state index is 0.344. The van der Waals surface area contributed by atoms with Crippen LogP contribution in [0.5, 0.6) is 5.75 Å². The maximum Gasteiger partial charge on any atom is 0.161 e. The van der Waals surface area contributed by atoms with Crippen molar-refractivity contribution in [2.45, 2.75) is 13.0 Å². The topological polar surface area (TPSA) is 38.2 Å². The highest BCUT2D eigenvalue weighted by Gasteiger charge is 2.21. The molecule has 0 amide bonds. The predicted octanol–water partition coefficient (Wildman–Crippen LogP) is 3.48. The fraction of sp³-hybridized carbons (Fsp3) is 0.222. The van der Waals surface area contributed by atoms with Crippen LogP contribution in [0.25, 0.3) is 11.0 Å². The van der Waals surface area contributed by atoms with E-state index in [1.54, 1.807) is 13.3 Å². The molecule has 0 saturated carbocycles. The number of aromatic nitrogens is 2. The van der Waals surface area contributed by atoms with Crippen molar-refractivity contribution in [2.75, 3.05) is 18.6 Å². The first kappa shape index (κ1) is 14.8. The Bertz CT molecular complexity index is 930. The van der Waals surface area contributed by atoms with Crippen LogP contribution in [0.1, 0.15) is 11.1 Å². The van der Waals surface area contributed by atoms with Gasteiger partial charge < -0.3 is 9.64 Å². The Balaban J connectivity index is 1.69. The van der Waals surface area contributed by atoms with Crippen molar-refractivity contribution in [3.05, 3.63) is 59.3 Å². The summed E-state index contributed by atoms with van der Waals surface area (Å²) in [5, 5.41) is 0. The van der Waals surface area contributed by atoms with Crippen LogP contribution in [-0.2, 0) is 13.0 Å². The molecule has 3 aromatic rings. The summed E-state index contributed by atoms with van der Waals surface area (Å²) in [4.78, 5) is 10.7. The van der Waals surface area contributed by atoms with Crippen LogP contribution in [-0.4, -0.2) is 23.6 Å². The van der Waals surface area contributed by atoms with Gasteiger partial charge in [-0.3, -0.25) is 4.98 Å². The minimum atomic E-state index is -0.914. The van der Waals surface area contributed by atoms with E-state index in [1.807, 2.05) is 12.1 Å². The van der Waals surface area contributed by atoms with Crippen LogP contribution in [0.2, 0.25) is 0 Å². The van der Waals surface area contributed by atoms with Crippen molar-refractivity contribution >= 4 is 16.9 Å². The number of hydrogen-bond acceptors (Lipinski definition) is 4. The number of rotatable bonds is 2. The van der Waals surface area contributed by atoms with E-state index in [4.69, 9.17) is 4.74 Å². The standard InChI is InChI=1S/C18H15F2N3O/c1-24-17-4-2-3-11-10-23(6-5-12(11)17)18-9-21-15-7-13(19)14(20)8-16(15)22-18/h2-4,7-9H,5-6,10H2,1H3. The molecule has 0 fully saturated rings. The Kier molecular flexibility index (Phi) is 3.52. The van der Waals surface area contributed by atoms with Crippen LogP contribution >= 0.6 is 0 Å². The molecule has 122 valence electrons. The Morgan fingerprint density at radius 2 is 1.92 bits per heavy atom. The molecule has 2 heterocycles. The monoisotopic (exact) mass is 327 g/mol. The number of halogens is 2. The highest BCUT2D eigenvalue weighted by Crippen LogP contribution is 2.30. The number of ether oxygens (including phenoxy) is 1. The molecule has 0 N–H and O–H groups in total. The van der Waals surface area contributed by atoms with E-state index >= 15 is 0 Å². The summed E-state index contributed by atoms with van der Waals surface area (Å²) >= 11 is 0. The molecule has 0 bridgehead atoms. The van der Waals surface area contributed by atoms with Crippen molar-refractivity contribution in [3.8, 4) is 5.75 Å². The average Bonchev–Trinajstić information content (AvgIpc) is 2.61. The third-order valence-electron chi connectivity index (χ3n) is 4.34. The molecule has 2 aromatic carbocycles. The fourth-order valence-electron chi connectivity index (χ4n) is 3.11. The third-order valence-corrected chi connectivity index (χ3v) is 4.34. The number of benzene rings is 2. The first-order valence-electron chi connectivity index (χ1n) is 7.67. The lowest BCUT2D eigenvalue weighted by molar-refractivity contribution is 0.407. The second kappa shape index (κ2) is 5.70. The van der Waals surface area contributed by atoms with E-state index in [0.717, 1.165) is 30.8 Å². The first-order valence-corrected chi connectivity index (χ1v) is 7.67. The summed E-state index contributed by atoms with van der Waals surface area (Å²) in [6.07, 6.45) is 2.43. The van der Waals surface area contributed by atoms with Gasteiger partial charge in [-0.25, -0.2) is 13.8 Å². The summed E-state index contributed by atoms with van der Waals surface area (Å²) in [5.41, 5.74) is 3.07.